The number of aryl methyl sites for hydroxylation is 2. The number of hydrogen-bond donors (Lipinski definition) is 3. The van der Waals surface area contributed by atoms with Gasteiger partial charge in [-0.1, -0.05) is 61.0 Å². The first kappa shape index (κ1) is 38.0. The highest BCUT2D eigenvalue weighted by molar-refractivity contribution is 5.94. The van der Waals surface area contributed by atoms with Crippen molar-refractivity contribution in [3.05, 3.63) is 70.8 Å². The smallest absolute Gasteiger partial charge is 0.408 e. The van der Waals surface area contributed by atoms with Crippen LogP contribution in [0.25, 0.3) is 0 Å². The van der Waals surface area contributed by atoms with Gasteiger partial charge < -0.3 is 30.7 Å². The lowest BCUT2D eigenvalue weighted by atomic mass is 9.95. The Kier molecular flexibility index (Phi) is 12.4. The van der Waals surface area contributed by atoms with Gasteiger partial charge in [-0.05, 0) is 90.8 Å². The Hall–Kier alpha value is -4.41. The van der Waals surface area contributed by atoms with Gasteiger partial charge in [-0.25, -0.2) is 9.59 Å². The molecular formula is C37H52N4O7. The Morgan fingerprint density at radius 2 is 1.50 bits per heavy atom. The monoisotopic (exact) mass is 664 g/mol. The Bertz CT molecular complexity index is 1480. The molecule has 0 aliphatic heterocycles. The SMILES string of the molecule is Cc1ccc(C(C(=O)NC(Cc2ccccc2)C(=O)OC(C)(C)C)N(C(=O)C(CCC(N)=O)NC(=O)OC(C)(C)C)C2CC2C)c(C)c1. The first-order chi connectivity index (χ1) is 22.3. The van der Waals surface area contributed by atoms with E-state index in [-0.39, 0.29) is 31.2 Å². The van der Waals surface area contributed by atoms with E-state index in [4.69, 9.17) is 15.2 Å². The minimum atomic E-state index is -1.22. The summed E-state index contributed by atoms with van der Waals surface area (Å²) in [4.78, 5) is 69.0. The molecule has 2 aromatic carbocycles. The van der Waals surface area contributed by atoms with Crippen LogP contribution in [0.5, 0.6) is 0 Å². The molecule has 11 heteroatoms. The summed E-state index contributed by atoms with van der Waals surface area (Å²) >= 11 is 0. The first-order valence-corrected chi connectivity index (χ1v) is 16.5. The molecule has 1 fully saturated rings. The lowest BCUT2D eigenvalue weighted by molar-refractivity contribution is -0.159. The van der Waals surface area contributed by atoms with Gasteiger partial charge in [0, 0.05) is 18.9 Å². The molecule has 0 spiro atoms. The normalized spacial score (nSPS) is 17.7. The molecule has 0 heterocycles. The van der Waals surface area contributed by atoms with Gasteiger partial charge in [0.1, 0.15) is 29.3 Å². The number of alkyl carbamates (subject to hydrolysis) is 1. The van der Waals surface area contributed by atoms with Gasteiger partial charge in [-0.3, -0.25) is 14.4 Å². The van der Waals surface area contributed by atoms with Crippen molar-refractivity contribution in [1.29, 1.82) is 0 Å². The summed E-state index contributed by atoms with van der Waals surface area (Å²) in [6.07, 6.45) is -0.334. The molecule has 0 aromatic heterocycles. The van der Waals surface area contributed by atoms with E-state index in [2.05, 4.69) is 10.6 Å². The van der Waals surface area contributed by atoms with Gasteiger partial charge >= 0.3 is 12.1 Å². The zero-order chi connectivity index (χ0) is 36.0. The van der Waals surface area contributed by atoms with Crippen LogP contribution in [0.15, 0.2) is 48.5 Å². The van der Waals surface area contributed by atoms with Crippen LogP contribution in [-0.2, 0) is 35.1 Å². The van der Waals surface area contributed by atoms with Crippen molar-refractivity contribution in [1.82, 2.24) is 15.5 Å². The second kappa shape index (κ2) is 15.7. The van der Waals surface area contributed by atoms with Crippen LogP contribution >= 0.6 is 0 Å². The molecule has 4 amide bonds. The number of nitrogens with two attached hydrogens (primary N) is 1. The molecule has 262 valence electrons. The average molecular weight is 665 g/mol. The maximum Gasteiger partial charge on any atom is 0.408 e. The summed E-state index contributed by atoms with van der Waals surface area (Å²) in [7, 11) is 0. The van der Waals surface area contributed by atoms with Gasteiger partial charge in [0.05, 0.1) is 0 Å². The summed E-state index contributed by atoms with van der Waals surface area (Å²) in [5, 5.41) is 5.56. The fourth-order valence-electron chi connectivity index (χ4n) is 5.56. The number of ether oxygens (including phenoxy) is 2. The van der Waals surface area contributed by atoms with Gasteiger partial charge in [0.2, 0.25) is 17.7 Å². The van der Waals surface area contributed by atoms with Crippen molar-refractivity contribution < 1.29 is 33.4 Å². The second-order valence-electron chi connectivity index (χ2n) is 14.8. The van der Waals surface area contributed by atoms with Crippen LogP contribution < -0.4 is 16.4 Å². The molecule has 0 bridgehead atoms. The number of carbonyl (C=O) groups excluding carboxylic acids is 5. The van der Waals surface area contributed by atoms with Crippen molar-refractivity contribution in [3.63, 3.8) is 0 Å². The number of primary amides is 1. The lowest BCUT2D eigenvalue weighted by Crippen LogP contribution is -2.56. The molecule has 4 N–H and O–H groups in total. The second-order valence-corrected chi connectivity index (χ2v) is 14.8. The molecule has 5 atom stereocenters. The number of nitrogens with one attached hydrogen (secondary N) is 2. The van der Waals surface area contributed by atoms with Crippen molar-refractivity contribution in [2.24, 2.45) is 11.7 Å². The number of amides is 4. The van der Waals surface area contributed by atoms with Gasteiger partial charge in [0.25, 0.3) is 0 Å². The van der Waals surface area contributed by atoms with Crippen LogP contribution in [0.4, 0.5) is 4.79 Å². The molecule has 1 aliphatic rings. The standard InChI is InChI=1S/C37H52N4O7/c1-22-15-16-26(23(2)19-22)31(32(43)39-28(34(45)47-36(4,5)6)21-25-13-11-10-12-14-25)41(29-20-24(29)3)33(44)27(17-18-30(38)42)40-35(46)48-37(7,8)9/h10-16,19,24,27-29,31H,17-18,20-21H2,1-9H3,(H2,38,42)(H,39,43)(H,40,46). The maximum atomic E-state index is 14.6. The third-order valence-electron chi connectivity index (χ3n) is 7.88. The highest BCUT2D eigenvalue weighted by Gasteiger charge is 2.49. The van der Waals surface area contributed by atoms with E-state index in [0.717, 1.165) is 16.7 Å². The van der Waals surface area contributed by atoms with Crippen LogP contribution in [0.1, 0.15) is 96.0 Å². The van der Waals surface area contributed by atoms with E-state index in [1.54, 1.807) is 41.5 Å². The molecule has 2 aromatic rings. The van der Waals surface area contributed by atoms with Gasteiger partial charge in [-0.15, -0.1) is 0 Å². The summed E-state index contributed by atoms with van der Waals surface area (Å²) < 4.78 is 11.2. The molecule has 1 aliphatic carbocycles. The van der Waals surface area contributed by atoms with Gasteiger partial charge in [-0.2, -0.15) is 0 Å². The minimum absolute atomic E-state index is 0.0549. The Labute approximate surface area is 284 Å². The number of benzene rings is 2. The van der Waals surface area contributed by atoms with Crippen molar-refractivity contribution in [2.75, 3.05) is 0 Å². The topological polar surface area (TPSA) is 157 Å². The molecule has 1 saturated carbocycles. The number of rotatable bonds is 13. The molecule has 3 rings (SSSR count). The van der Waals surface area contributed by atoms with Crippen molar-refractivity contribution in [2.45, 2.75) is 123 Å². The van der Waals surface area contributed by atoms with Crippen LogP contribution in [-0.4, -0.2) is 64.0 Å². The highest BCUT2D eigenvalue weighted by Crippen LogP contribution is 2.41. The maximum absolute atomic E-state index is 14.6. The minimum Gasteiger partial charge on any atom is -0.458 e. The fraction of sp³-hybridized carbons (Fsp3) is 0.541. The van der Waals surface area contributed by atoms with E-state index < -0.39 is 59.1 Å². The Morgan fingerprint density at radius 1 is 0.896 bits per heavy atom. The highest BCUT2D eigenvalue weighted by atomic mass is 16.6. The molecular weight excluding hydrogens is 612 g/mol. The Balaban J connectivity index is 2.11. The van der Waals surface area contributed by atoms with E-state index in [1.165, 1.54) is 4.90 Å². The molecule has 11 nitrogen and oxygen atoms in total. The number of hydrogen-bond acceptors (Lipinski definition) is 7. The zero-order valence-corrected chi connectivity index (χ0v) is 29.7. The summed E-state index contributed by atoms with van der Waals surface area (Å²) in [5.41, 5.74) is 6.92. The van der Waals surface area contributed by atoms with E-state index in [0.29, 0.717) is 12.0 Å². The number of esters is 1. The van der Waals surface area contributed by atoms with Crippen LogP contribution in [0.2, 0.25) is 0 Å². The average Bonchev–Trinajstić information content (AvgIpc) is 3.67. The lowest BCUT2D eigenvalue weighted by Gasteiger charge is -2.36. The van der Waals surface area contributed by atoms with E-state index in [1.807, 2.05) is 69.3 Å². The Morgan fingerprint density at radius 3 is 2.02 bits per heavy atom. The first-order valence-electron chi connectivity index (χ1n) is 16.5. The predicted octanol–water partition coefficient (Wildman–Crippen LogP) is 4.81. The van der Waals surface area contributed by atoms with Crippen molar-refractivity contribution >= 4 is 29.8 Å². The molecule has 48 heavy (non-hydrogen) atoms. The van der Waals surface area contributed by atoms with Crippen LogP contribution in [0, 0.1) is 19.8 Å². The summed E-state index contributed by atoms with van der Waals surface area (Å²) in [6, 6.07) is 11.1. The largest absolute Gasteiger partial charge is 0.458 e. The molecule has 0 radical (unpaired) electrons. The summed E-state index contributed by atoms with van der Waals surface area (Å²) in [5.74, 6) is -2.34. The van der Waals surface area contributed by atoms with Crippen LogP contribution in [0.3, 0.4) is 0 Å². The van der Waals surface area contributed by atoms with Gasteiger partial charge in [0.15, 0.2) is 0 Å². The zero-order valence-electron chi connectivity index (χ0n) is 29.7. The van der Waals surface area contributed by atoms with E-state index >= 15 is 0 Å². The third-order valence-corrected chi connectivity index (χ3v) is 7.88. The van der Waals surface area contributed by atoms with Crippen molar-refractivity contribution in [3.8, 4) is 0 Å². The molecule has 5 unspecified atom stereocenters. The van der Waals surface area contributed by atoms with E-state index in [9.17, 15) is 24.0 Å². The number of carbonyl (C=O) groups is 5. The predicted molar refractivity (Wildman–Crippen MR) is 183 cm³/mol. The molecule has 0 saturated heterocycles. The summed E-state index contributed by atoms with van der Waals surface area (Å²) in [6.45, 7) is 16.1. The third kappa shape index (κ3) is 11.4. The fourth-order valence-corrected chi connectivity index (χ4v) is 5.56. The number of nitrogens with zero attached hydrogens (tertiary/aromatic N) is 1. The quantitative estimate of drug-likeness (QED) is 0.260.